The number of oxime groups is 1. The second kappa shape index (κ2) is 7.50. The Morgan fingerprint density at radius 3 is 2.57 bits per heavy atom. The molecule has 0 radical (unpaired) electrons. The van der Waals surface area contributed by atoms with Crippen molar-refractivity contribution in [3.05, 3.63) is 65.0 Å². The average molecular weight is 385 g/mol. The van der Waals surface area contributed by atoms with Gasteiger partial charge in [0.2, 0.25) is 5.91 Å². The second-order valence-corrected chi connectivity index (χ2v) is 7.84. The van der Waals surface area contributed by atoms with Crippen molar-refractivity contribution in [2.24, 2.45) is 16.3 Å². The van der Waals surface area contributed by atoms with Gasteiger partial charge in [-0.05, 0) is 17.7 Å². The quantitative estimate of drug-likeness (QED) is 0.359. The van der Waals surface area contributed by atoms with Crippen LogP contribution in [0.4, 0.5) is 4.39 Å². The normalized spacial score (nSPS) is 17.5. The molecule has 7 heteroatoms. The van der Waals surface area contributed by atoms with Gasteiger partial charge in [-0.2, -0.15) is 0 Å². The minimum atomic E-state index is -0.637. The first-order chi connectivity index (χ1) is 13.2. The van der Waals surface area contributed by atoms with Gasteiger partial charge < -0.3 is 20.6 Å². The van der Waals surface area contributed by atoms with Gasteiger partial charge in [-0.1, -0.05) is 56.3 Å². The molecule has 0 aliphatic carbocycles. The molecule has 0 aromatic heterocycles. The monoisotopic (exact) mass is 385 g/mol. The van der Waals surface area contributed by atoms with Crippen LogP contribution in [0.5, 0.6) is 5.75 Å². The largest absolute Gasteiger partial charge is 0.491 e. The summed E-state index contributed by atoms with van der Waals surface area (Å²) in [5, 5.41) is 11.8. The summed E-state index contributed by atoms with van der Waals surface area (Å²) >= 11 is 0. The number of ether oxygens (including phenoxy) is 1. The fraction of sp³-hybridized carbons (Fsp3) is 0.333. The van der Waals surface area contributed by atoms with Crippen LogP contribution in [0.3, 0.4) is 0 Å². The number of hydrogen-bond acceptors (Lipinski definition) is 4. The molecule has 1 amide bonds. The molecule has 1 heterocycles. The number of benzene rings is 2. The third kappa shape index (κ3) is 3.78. The lowest BCUT2D eigenvalue weighted by atomic mass is 9.92. The summed E-state index contributed by atoms with van der Waals surface area (Å²) in [7, 11) is 0. The van der Waals surface area contributed by atoms with Gasteiger partial charge >= 0.3 is 0 Å². The van der Waals surface area contributed by atoms with Crippen LogP contribution < -0.4 is 10.5 Å². The molecule has 1 aliphatic rings. The molecule has 0 bridgehead atoms. The summed E-state index contributed by atoms with van der Waals surface area (Å²) in [5.41, 5.74) is 6.35. The van der Waals surface area contributed by atoms with E-state index in [4.69, 9.17) is 15.7 Å². The zero-order valence-electron chi connectivity index (χ0n) is 16.1. The number of amides is 1. The second-order valence-electron chi connectivity index (χ2n) is 7.84. The molecule has 0 spiro atoms. The summed E-state index contributed by atoms with van der Waals surface area (Å²) in [6.45, 7) is 5.73. The molecule has 1 atom stereocenters. The first-order valence-electron chi connectivity index (χ1n) is 9.01. The van der Waals surface area contributed by atoms with Crippen LogP contribution in [0.25, 0.3) is 0 Å². The summed E-state index contributed by atoms with van der Waals surface area (Å²) in [6.07, 6.45) is 0. The Bertz CT molecular complexity index is 907. The maximum absolute atomic E-state index is 14.9. The zero-order valence-corrected chi connectivity index (χ0v) is 16.1. The van der Waals surface area contributed by atoms with E-state index in [0.717, 1.165) is 5.56 Å². The Labute approximate surface area is 163 Å². The fourth-order valence-electron chi connectivity index (χ4n) is 3.23. The van der Waals surface area contributed by atoms with Gasteiger partial charge in [0.05, 0.1) is 12.6 Å². The van der Waals surface area contributed by atoms with Crippen LogP contribution in [0.15, 0.2) is 47.6 Å². The minimum Gasteiger partial charge on any atom is -0.491 e. The van der Waals surface area contributed by atoms with Crippen molar-refractivity contribution < 1.29 is 19.1 Å². The third-order valence-corrected chi connectivity index (χ3v) is 4.75. The maximum atomic E-state index is 14.9. The number of carbonyl (C=O) groups excluding carboxylic acids is 1. The van der Waals surface area contributed by atoms with Crippen molar-refractivity contribution in [2.45, 2.75) is 33.4 Å². The van der Waals surface area contributed by atoms with E-state index in [-0.39, 0.29) is 47.8 Å². The first kappa shape index (κ1) is 19.7. The Kier molecular flexibility index (Phi) is 5.27. The minimum absolute atomic E-state index is 0.0628. The van der Waals surface area contributed by atoms with Crippen LogP contribution in [-0.4, -0.2) is 28.5 Å². The molecule has 6 nitrogen and oxygen atoms in total. The smallest absolute Gasteiger partial charge is 0.228 e. The Hall–Kier alpha value is -3.09. The highest BCUT2D eigenvalue weighted by atomic mass is 19.1. The lowest BCUT2D eigenvalue weighted by Crippen LogP contribution is -2.42. The molecule has 0 saturated carbocycles. The van der Waals surface area contributed by atoms with Crippen LogP contribution in [-0.2, 0) is 11.3 Å². The fourth-order valence-corrected chi connectivity index (χ4v) is 3.23. The molecule has 28 heavy (non-hydrogen) atoms. The van der Waals surface area contributed by atoms with E-state index < -0.39 is 11.2 Å². The molecule has 1 aliphatic heterocycles. The van der Waals surface area contributed by atoms with Crippen LogP contribution in [0.1, 0.15) is 43.5 Å². The summed E-state index contributed by atoms with van der Waals surface area (Å²) in [6, 6.07) is 11.9. The van der Waals surface area contributed by atoms with Gasteiger partial charge in [-0.15, -0.1) is 0 Å². The molecule has 2 aromatic rings. The van der Waals surface area contributed by atoms with E-state index in [1.165, 1.54) is 12.1 Å². The number of nitrogens with zero attached hydrogens (tertiary/aromatic N) is 2. The van der Waals surface area contributed by atoms with Gasteiger partial charge in [0.25, 0.3) is 0 Å². The van der Waals surface area contributed by atoms with Gasteiger partial charge in [0, 0.05) is 16.5 Å². The van der Waals surface area contributed by atoms with Gasteiger partial charge in [-0.25, -0.2) is 4.39 Å². The van der Waals surface area contributed by atoms with Crippen molar-refractivity contribution in [1.29, 1.82) is 0 Å². The van der Waals surface area contributed by atoms with Crippen molar-refractivity contribution >= 4 is 11.7 Å². The number of rotatable bonds is 2. The summed E-state index contributed by atoms with van der Waals surface area (Å²) < 4.78 is 20.8. The van der Waals surface area contributed by atoms with Gasteiger partial charge in [0.15, 0.2) is 5.84 Å². The van der Waals surface area contributed by atoms with E-state index in [2.05, 4.69) is 5.16 Å². The lowest BCUT2D eigenvalue weighted by molar-refractivity contribution is -0.143. The van der Waals surface area contributed by atoms with E-state index >= 15 is 0 Å². The van der Waals surface area contributed by atoms with Crippen LogP contribution in [0.2, 0.25) is 0 Å². The molecule has 0 fully saturated rings. The highest BCUT2D eigenvalue weighted by Gasteiger charge is 2.36. The van der Waals surface area contributed by atoms with Crippen molar-refractivity contribution in [2.75, 3.05) is 6.61 Å². The number of fused-ring (bicyclic) bond motifs is 1. The standard InChI is InChI=1S/C21H24FN3O3/c1-21(2,3)20(26)25-11-15-16(22)9-14(19(23)24-27)10-18(15)28-12-17(25)13-7-5-4-6-8-13/h4-10,17,27H,11-12H2,1-3H3,(H2,23,24)/t17-/m1/s1. The number of hydrogen-bond donors (Lipinski definition) is 2. The van der Waals surface area contributed by atoms with Crippen molar-refractivity contribution in [1.82, 2.24) is 4.90 Å². The molecular formula is C21H24FN3O3. The molecule has 3 N–H and O–H groups in total. The number of nitrogens with two attached hydrogens (primary N) is 1. The van der Waals surface area contributed by atoms with Gasteiger partial charge in [0.1, 0.15) is 18.2 Å². The van der Waals surface area contributed by atoms with Crippen LogP contribution >= 0.6 is 0 Å². The molecule has 2 aromatic carbocycles. The van der Waals surface area contributed by atoms with Crippen molar-refractivity contribution in [3.8, 4) is 5.75 Å². The van der Waals surface area contributed by atoms with E-state index in [0.29, 0.717) is 0 Å². The zero-order chi connectivity index (χ0) is 20.5. The molecule has 148 valence electrons. The summed E-state index contributed by atoms with van der Waals surface area (Å²) in [5.74, 6) is -0.597. The number of amidine groups is 1. The molecular weight excluding hydrogens is 361 g/mol. The molecule has 0 saturated heterocycles. The predicted octanol–water partition coefficient (Wildman–Crippen LogP) is 3.43. The highest BCUT2D eigenvalue weighted by Crippen LogP contribution is 2.36. The highest BCUT2D eigenvalue weighted by molar-refractivity contribution is 5.97. The molecule has 0 unspecified atom stereocenters. The Balaban J connectivity index is 2.09. The average Bonchev–Trinajstić information content (AvgIpc) is 2.86. The Morgan fingerprint density at radius 1 is 1.29 bits per heavy atom. The van der Waals surface area contributed by atoms with Crippen LogP contribution in [0, 0.1) is 11.2 Å². The summed E-state index contributed by atoms with van der Waals surface area (Å²) in [4.78, 5) is 14.8. The number of halogens is 1. The Morgan fingerprint density at radius 2 is 1.96 bits per heavy atom. The van der Waals surface area contributed by atoms with Crippen molar-refractivity contribution in [3.63, 3.8) is 0 Å². The third-order valence-electron chi connectivity index (χ3n) is 4.75. The maximum Gasteiger partial charge on any atom is 0.228 e. The van der Waals surface area contributed by atoms with E-state index in [1.54, 1.807) is 4.90 Å². The van der Waals surface area contributed by atoms with Gasteiger partial charge in [-0.3, -0.25) is 4.79 Å². The lowest BCUT2D eigenvalue weighted by Gasteiger charge is -2.34. The van der Waals surface area contributed by atoms with E-state index in [9.17, 15) is 9.18 Å². The topological polar surface area (TPSA) is 88.2 Å². The predicted molar refractivity (Wildman–Crippen MR) is 104 cm³/mol. The molecule has 3 rings (SSSR count). The SMILES string of the molecule is CC(C)(C)C(=O)N1Cc2c(F)cc(/C(N)=N/O)cc2OC[C@@H]1c1ccccc1. The van der Waals surface area contributed by atoms with E-state index in [1.807, 2.05) is 51.1 Å². The first-order valence-corrected chi connectivity index (χ1v) is 9.01. The number of carbonyl (C=O) groups is 1.